The molecule has 1 N–H and O–H groups in total. The maximum Gasteiger partial charge on any atom is 0.306 e. The lowest BCUT2D eigenvalue weighted by atomic mass is 10.2. The van der Waals surface area contributed by atoms with Crippen LogP contribution in [-0.2, 0) is 20.7 Å². The fraction of sp³-hybridized carbons (Fsp3) is 0.200. The number of nitrogens with one attached hydrogen (secondary N) is 1. The number of rotatable bonds is 7. The Hall–Kier alpha value is -2.95. The van der Waals surface area contributed by atoms with Gasteiger partial charge in [0.25, 0.3) is 5.91 Å². The van der Waals surface area contributed by atoms with Gasteiger partial charge in [0.15, 0.2) is 6.61 Å². The molecule has 0 unspecified atom stereocenters. The van der Waals surface area contributed by atoms with Crippen molar-refractivity contribution in [2.45, 2.75) is 19.3 Å². The third kappa shape index (κ3) is 5.28. The van der Waals surface area contributed by atoms with Crippen molar-refractivity contribution >= 4 is 50.7 Å². The van der Waals surface area contributed by atoms with Gasteiger partial charge in [-0.2, -0.15) is 5.26 Å². The van der Waals surface area contributed by atoms with Gasteiger partial charge in [-0.15, -0.1) is 11.3 Å². The van der Waals surface area contributed by atoms with Crippen molar-refractivity contribution in [1.29, 1.82) is 5.26 Å². The minimum Gasteiger partial charge on any atom is -0.456 e. The van der Waals surface area contributed by atoms with Crippen LogP contribution in [0.1, 0.15) is 23.4 Å². The van der Waals surface area contributed by atoms with Crippen LogP contribution in [0.2, 0.25) is 5.02 Å². The Kier molecular flexibility index (Phi) is 6.58. The minimum atomic E-state index is -0.472. The van der Waals surface area contributed by atoms with E-state index >= 15 is 0 Å². The molecule has 28 heavy (non-hydrogen) atoms. The number of aromatic nitrogens is 1. The second-order valence-electron chi connectivity index (χ2n) is 5.94. The number of hydrogen-bond acceptors (Lipinski definition) is 6. The summed E-state index contributed by atoms with van der Waals surface area (Å²) in [6, 6.07) is 14.4. The average Bonchev–Trinajstić information content (AvgIpc) is 3.09. The molecule has 0 spiro atoms. The molecule has 0 fully saturated rings. The van der Waals surface area contributed by atoms with E-state index in [-0.39, 0.29) is 18.1 Å². The van der Waals surface area contributed by atoms with E-state index in [1.165, 1.54) is 12.1 Å². The zero-order chi connectivity index (χ0) is 19.9. The first-order valence-corrected chi connectivity index (χ1v) is 9.74. The molecule has 0 aliphatic rings. The number of halogens is 1. The summed E-state index contributed by atoms with van der Waals surface area (Å²) in [4.78, 5) is 28.2. The third-order valence-corrected chi connectivity index (χ3v) is 5.26. The first kappa shape index (κ1) is 19.8. The van der Waals surface area contributed by atoms with E-state index in [2.05, 4.69) is 10.3 Å². The van der Waals surface area contributed by atoms with Gasteiger partial charge in [0.05, 0.1) is 25.8 Å². The number of aryl methyl sites for hydroxylation is 1. The average molecular weight is 414 g/mol. The van der Waals surface area contributed by atoms with Crippen molar-refractivity contribution < 1.29 is 14.3 Å². The second-order valence-corrected chi connectivity index (χ2v) is 7.47. The number of benzene rings is 2. The Morgan fingerprint density at radius 2 is 2.07 bits per heavy atom. The van der Waals surface area contributed by atoms with Crippen LogP contribution < -0.4 is 5.32 Å². The number of nitrogens with zero attached hydrogens (tertiary/aromatic N) is 2. The monoisotopic (exact) mass is 413 g/mol. The molecule has 0 saturated heterocycles. The number of thiazole rings is 1. The van der Waals surface area contributed by atoms with Gasteiger partial charge in [-0.05, 0) is 43.2 Å². The number of amides is 1. The van der Waals surface area contributed by atoms with Gasteiger partial charge < -0.3 is 10.1 Å². The molecule has 0 saturated carbocycles. The quantitative estimate of drug-likeness (QED) is 0.582. The number of esters is 1. The van der Waals surface area contributed by atoms with Crippen molar-refractivity contribution in [2.75, 3.05) is 11.9 Å². The molecular weight excluding hydrogens is 398 g/mol. The molecule has 0 aliphatic carbocycles. The molecular formula is C20H16ClN3O3S. The predicted molar refractivity (Wildman–Crippen MR) is 108 cm³/mol. The summed E-state index contributed by atoms with van der Waals surface area (Å²) < 4.78 is 6.12. The second kappa shape index (κ2) is 9.31. The maximum absolute atomic E-state index is 11.9. The lowest BCUT2D eigenvalue weighted by molar-refractivity contribution is -0.147. The van der Waals surface area contributed by atoms with Crippen LogP contribution in [0.3, 0.4) is 0 Å². The fourth-order valence-corrected chi connectivity index (χ4v) is 3.74. The summed E-state index contributed by atoms with van der Waals surface area (Å²) in [7, 11) is 0. The summed E-state index contributed by atoms with van der Waals surface area (Å²) >= 11 is 7.52. The van der Waals surface area contributed by atoms with Crippen LogP contribution >= 0.6 is 22.9 Å². The number of anilines is 1. The van der Waals surface area contributed by atoms with Crippen LogP contribution in [0.25, 0.3) is 10.2 Å². The Balaban J connectivity index is 1.39. The summed E-state index contributed by atoms with van der Waals surface area (Å²) in [5.41, 5.74) is 1.71. The van der Waals surface area contributed by atoms with Crippen LogP contribution in [0.5, 0.6) is 0 Å². The molecule has 3 aromatic rings. The van der Waals surface area contributed by atoms with E-state index in [0.717, 1.165) is 15.2 Å². The molecule has 1 amide bonds. The van der Waals surface area contributed by atoms with Gasteiger partial charge in [0, 0.05) is 12.1 Å². The van der Waals surface area contributed by atoms with Crippen molar-refractivity contribution in [2.24, 2.45) is 0 Å². The van der Waals surface area contributed by atoms with Gasteiger partial charge >= 0.3 is 5.97 Å². The Morgan fingerprint density at radius 1 is 1.25 bits per heavy atom. The van der Waals surface area contributed by atoms with Gasteiger partial charge in [0.1, 0.15) is 6.07 Å². The SMILES string of the molecule is N#Cc1ccc(NC(=O)COC(=O)CCCc2nc3ccccc3s2)cc1Cl. The zero-order valence-electron chi connectivity index (χ0n) is 14.8. The number of carbonyl (C=O) groups excluding carboxylic acids is 2. The standard InChI is InChI=1S/C20H16ClN3O3S/c21-15-10-14(9-8-13(15)11-22)23-18(25)12-27-20(26)7-3-6-19-24-16-4-1-2-5-17(16)28-19/h1-2,4-5,8-10H,3,6-7,12H2,(H,23,25). The molecule has 6 nitrogen and oxygen atoms in total. The number of para-hydroxylation sites is 1. The molecule has 0 bridgehead atoms. The summed E-state index contributed by atoms with van der Waals surface area (Å²) in [6.45, 7) is -0.377. The van der Waals surface area contributed by atoms with Gasteiger partial charge in [-0.25, -0.2) is 4.98 Å². The smallest absolute Gasteiger partial charge is 0.306 e. The minimum absolute atomic E-state index is 0.214. The third-order valence-electron chi connectivity index (χ3n) is 3.85. The van der Waals surface area contributed by atoms with Crippen LogP contribution in [0.15, 0.2) is 42.5 Å². The van der Waals surface area contributed by atoms with E-state index in [1.807, 2.05) is 30.3 Å². The van der Waals surface area contributed by atoms with Crippen LogP contribution in [-0.4, -0.2) is 23.5 Å². The number of fused-ring (bicyclic) bond motifs is 1. The van der Waals surface area contributed by atoms with Crippen molar-refractivity contribution in [1.82, 2.24) is 4.98 Å². The first-order chi connectivity index (χ1) is 13.5. The zero-order valence-corrected chi connectivity index (χ0v) is 16.3. The van der Waals surface area contributed by atoms with E-state index in [9.17, 15) is 9.59 Å². The normalized spacial score (nSPS) is 10.4. The lowest BCUT2D eigenvalue weighted by Gasteiger charge is -2.07. The summed E-state index contributed by atoms with van der Waals surface area (Å²) in [6.07, 6.45) is 1.50. The lowest BCUT2D eigenvalue weighted by Crippen LogP contribution is -2.20. The highest BCUT2D eigenvalue weighted by molar-refractivity contribution is 7.18. The summed E-state index contributed by atoms with van der Waals surface area (Å²) in [5, 5.41) is 12.6. The summed E-state index contributed by atoms with van der Waals surface area (Å²) in [5.74, 6) is -0.908. The maximum atomic E-state index is 11.9. The Labute approximate surface area is 170 Å². The highest BCUT2D eigenvalue weighted by Gasteiger charge is 2.10. The molecule has 142 valence electrons. The number of nitriles is 1. The van der Waals surface area contributed by atoms with Crippen molar-refractivity contribution in [3.63, 3.8) is 0 Å². The molecule has 8 heteroatoms. The molecule has 2 aromatic carbocycles. The molecule has 0 radical (unpaired) electrons. The molecule has 0 aliphatic heterocycles. The molecule has 1 aromatic heterocycles. The number of hydrogen-bond donors (Lipinski definition) is 1. The highest BCUT2D eigenvalue weighted by atomic mass is 35.5. The van der Waals surface area contributed by atoms with Crippen LogP contribution in [0, 0.1) is 11.3 Å². The first-order valence-electron chi connectivity index (χ1n) is 8.55. The predicted octanol–water partition coefficient (Wildman–Crippen LogP) is 4.33. The molecule has 3 rings (SSSR count). The van der Waals surface area contributed by atoms with Crippen molar-refractivity contribution in [3.05, 3.63) is 58.1 Å². The Bertz CT molecular complexity index is 1030. The van der Waals surface area contributed by atoms with E-state index in [4.69, 9.17) is 21.6 Å². The van der Waals surface area contributed by atoms with Gasteiger partial charge in [-0.1, -0.05) is 23.7 Å². The van der Waals surface area contributed by atoms with Gasteiger partial charge in [0.2, 0.25) is 0 Å². The number of ether oxygens (including phenoxy) is 1. The fourth-order valence-electron chi connectivity index (χ4n) is 2.51. The van der Waals surface area contributed by atoms with E-state index < -0.39 is 11.9 Å². The molecule has 1 heterocycles. The molecule has 0 atom stereocenters. The largest absolute Gasteiger partial charge is 0.456 e. The van der Waals surface area contributed by atoms with E-state index in [0.29, 0.717) is 24.1 Å². The Morgan fingerprint density at radius 3 is 2.82 bits per heavy atom. The van der Waals surface area contributed by atoms with E-state index in [1.54, 1.807) is 17.4 Å². The number of carbonyl (C=O) groups is 2. The highest BCUT2D eigenvalue weighted by Crippen LogP contribution is 2.23. The topological polar surface area (TPSA) is 92.1 Å². The van der Waals surface area contributed by atoms with Crippen LogP contribution in [0.4, 0.5) is 5.69 Å². The van der Waals surface area contributed by atoms with Crippen molar-refractivity contribution in [3.8, 4) is 6.07 Å². The van der Waals surface area contributed by atoms with Gasteiger partial charge in [-0.3, -0.25) is 9.59 Å².